The van der Waals surface area contributed by atoms with Crippen LogP contribution in [-0.2, 0) is 0 Å². The van der Waals surface area contributed by atoms with Gasteiger partial charge in [0.15, 0.2) is 0 Å². The van der Waals surface area contributed by atoms with Crippen LogP contribution in [0.2, 0.25) is 0 Å². The van der Waals surface area contributed by atoms with Crippen molar-refractivity contribution in [2.45, 2.75) is 45.4 Å². The summed E-state index contributed by atoms with van der Waals surface area (Å²) in [5.41, 5.74) is 2.59. The van der Waals surface area contributed by atoms with E-state index in [1.54, 1.807) is 23.6 Å². The maximum absolute atomic E-state index is 12.6. The summed E-state index contributed by atoms with van der Waals surface area (Å²) in [6.45, 7) is 7.65. The van der Waals surface area contributed by atoms with E-state index in [1.807, 2.05) is 11.8 Å². The number of hydrogen-bond donors (Lipinski definition) is 1. The maximum atomic E-state index is 12.6. The minimum Gasteiger partial charge on any atom is -0.324 e. The zero-order valence-corrected chi connectivity index (χ0v) is 15.1. The third kappa shape index (κ3) is 3.72. The van der Waals surface area contributed by atoms with Gasteiger partial charge in [0.25, 0.3) is 0 Å². The zero-order chi connectivity index (χ0) is 17.1. The number of amides is 2. The molecule has 2 aromatic rings. The number of nitrogens with one attached hydrogen (secondary N) is 1. The molecule has 6 nitrogen and oxygen atoms in total. The molecule has 0 aliphatic carbocycles. The number of urea groups is 1. The predicted molar refractivity (Wildman–Crippen MR) is 95.5 cm³/mol. The zero-order valence-electron chi connectivity index (χ0n) is 14.3. The molecule has 1 atom stereocenters. The average molecular weight is 345 g/mol. The minimum absolute atomic E-state index is 0.0727. The number of rotatable bonds is 3. The van der Waals surface area contributed by atoms with Crippen LogP contribution in [0.25, 0.3) is 0 Å². The molecule has 1 aliphatic rings. The van der Waals surface area contributed by atoms with Crippen LogP contribution in [0, 0.1) is 6.92 Å². The Kier molecular flexibility index (Phi) is 5.08. The van der Waals surface area contributed by atoms with E-state index >= 15 is 0 Å². The largest absolute Gasteiger partial charge is 0.324 e. The molecule has 1 aliphatic heterocycles. The average Bonchev–Trinajstić information content (AvgIpc) is 3.07. The van der Waals surface area contributed by atoms with Gasteiger partial charge in [-0.15, -0.1) is 11.3 Å². The van der Waals surface area contributed by atoms with Crippen molar-refractivity contribution in [3.63, 3.8) is 0 Å². The second-order valence-electron chi connectivity index (χ2n) is 6.51. The van der Waals surface area contributed by atoms with E-state index in [2.05, 4.69) is 34.7 Å². The van der Waals surface area contributed by atoms with Crippen molar-refractivity contribution in [1.82, 2.24) is 20.1 Å². The first-order valence-corrected chi connectivity index (χ1v) is 9.22. The second-order valence-corrected chi connectivity index (χ2v) is 7.40. The lowest BCUT2D eigenvalue weighted by molar-refractivity contribution is 0.192. The number of thiazole rings is 1. The monoisotopic (exact) mass is 345 g/mol. The van der Waals surface area contributed by atoms with Crippen LogP contribution < -0.4 is 5.32 Å². The molecule has 1 saturated heterocycles. The SMILES string of the molecule is Cc1nnccc1NC(=O)N1CCCC(c2nc(C(C)C)cs2)C1. The Balaban J connectivity index is 1.66. The number of piperidine rings is 1. The van der Waals surface area contributed by atoms with Crippen LogP contribution in [-0.4, -0.2) is 39.2 Å². The second kappa shape index (κ2) is 7.25. The van der Waals surface area contributed by atoms with E-state index in [1.165, 1.54) is 0 Å². The Morgan fingerprint density at radius 2 is 2.29 bits per heavy atom. The summed E-state index contributed by atoms with van der Waals surface area (Å²) in [4.78, 5) is 19.2. The molecule has 7 heteroatoms. The highest BCUT2D eigenvalue weighted by molar-refractivity contribution is 7.09. The lowest BCUT2D eigenvalue weighted by Crippen LogP contribution is -2.41. The fraction of sp³-hybridized carbons (Fsp3) is 0.529. The number of anilines is 1. The Morgan fingerprint density at radius 3 is 3.00 bits per heavy atom. The first kappa shape index (κ1) is 16.8. The van der Waals surface area contributed by atoms with Crippen LogP contribution in [0.5, 0.6) is 0 Å². The first-order chi connectivity index (χ1) is 11.5. The Labute approximate surface area is 146 Å². The molecular weight excluding hydrogens is 322 g/mol. The summed E-state index contributed by atoms with van der Waals surface area (Å²) in [6, 6.07) is 1.70. The molecule has 2 amide bonds. The molecular formula is C17H23N5OS. The van der Waals surface area contributed by atoms with Crippen LogP contribution in [0.15, 0.2) is 17.6 Å². The smallest absolute Gasteiger partial charge is 0.321 e. The lowest BCUT2D eigenvalue weighted by atomic mass is 9.99. The predicted octanol–water partition coefficient (Wildman–Crippen LogP) is 3.78. The summed E-state index contributed by atoms with van der Waals surface area (Å²) in [5, 5.41) is 14.0. The molecule has 0 aromatic carbocycles. The fourth-order valence-corrected chi connectivity index (χ4v) is 3.95. The van der Waals surface area contributed by atoms with Crippen LogP contribution in [0.4, 0.5) is 10.5 Å². The van der Waals surface area contributed by atoms with Crippen molar-refractivity contribution >= 4 is 23.1 Å². The third-order valence-corrected chi connectivity index (χ3v) is 5.36. The van der Waals surface area contributed by atoms with Crippen molar-refractivity contribution in [1.29, 1.82) is 0 Å². The van der Waals surface area contributed by atoms with Gasteiger partial charge in [0.05, 0.1) is 28.3 Å². The molecule has 3 heterocycles. The molecule has 0 bridgehead atoms. The van der Waals surface area contributed by atoms with E-state index in [0.29, 0.717) is 24.1 Å². The summed E-state index contributed by atoms with van der Waals surface area (Å²) in [5.74, 6) is 0.777. The van der Waals surface area contributed by atoms with Gasteiger partial charge in [-0.2, -0.15) is 10.2 Å². The van der Waals surface area contributed by atoms with Gasteiger partial charge in [0.2, 0.25) is 0 Å². The van der Waals surface area contributed by atoms with Crippen molar-refractivity contribution in [2.24, 2.45) is 0 Å². The molecule has 128 valence electrons. The Bertz CT molecular complexity index is 715. The first-order valence-electron chi connectivity index (χ1n) is 8.34. The van der Waals surface area contributed by atoms with Gasteiger partial charge in [-0.25, -0.2) is 9.78 Å². The van der Waals surface area contributed by atoms with Crippen molar-refractivity contribution < 1.29 is 4.79 Å². The molecule has 1 unspecified atom stereocenters. The fourth-order valence-electron chi connectivity index (χ4n) is 2.85. The molecule has 1 N–H and O–H groups in total. The van der Waals surface area contributed by atoms with E-state index in [4.69, 9.17) is 4.98 Å². The third-order valence-electron chi connectivity index (χ3n) is 4.34. The number of aryl methyl sites for hydroxylation is 1. The van der Waals surface area contributed by atoms with Gasteiger partial charge < -0.3 is 10.2 Å². The van der Waals surface area contributed by atoms with Gasteiger partial charge in [-0.05, 0) is 31.7 Å². The topological polar surface area (TPSA) is 71.0 Å². The number of carbonyl (C=O) groups is 1. The Hall–Kier alpha value is -2.02. The molecule has 3 rings (SSSR count). The quantitative estimate of drug-likeness (QED) is 0.919. The number of carbonyl (C=O) groups excluding carboxylic acids is 1. The highest BCUT2D eigenvalue weighted by atomic mass is 32.1. The number of hydrogen-bond acceptors (Lipinski definition) is 5. The van der Waals surface area contributed by atoms with Gasteiger partial charge in [0, 0.05) is 24.4 Å². The highest BCUT2D eigenvalue weighted by Crippen LogP contribution is 2.31. The van der Waals surface area contributed by atoms with E-state index in [-0.39, 0.29) is 6.03 Å². The Morgan fingerprint density at radius 1 is 1.46 bits per heavy atom. The van der Waals surface area contributed by atoms with Gasteiger partial charge >= 0.3 is 6.03 Å². The minimum atomic E-state index is -0.0727. The summed E-state index contributed by atoms with van der Waals surface area (Å²) in [7, 11) is 0. The lowest BCUT2D eigenvalue weighted by Gasteiger charge is -2.32. The van der Waals surface area contributed by atoms with E-state index in [9.17, 15) is 4.79 Å². The van der Waals surface area contributed by atoms with E-state index in [0.717, 1.165) is 35.8 Å². The summed E-state index contributed by atoms with van der Waals surface area (Å²) >= 11 is 1.72. The standard InChI is InChI=1S/C17H23N5OS/c1-11(2)15-10-24-16(19-15)13-5-4-8-22(9-13)17(23)20-14-6-7-18-21-12(14)3/h6-7,10-11,13H,4-5,8-9H2,1-3H3,(H,18,20,23). The molecule has 2 aromatic heterocycles. The van der Waals surface area contributed by atoms with E-state index < -0.39 is 0 Å². The number of likely N-dealkylation sites (tertiary alicyclic amines) is 1. The molecule has 0 spiro atoms. The number of nitrogens with zero attached hydrogens (tertiary/aromatic N) is 4. The normalized spacial score (nSPS) is 18.0. The molecule has 0 radical (unpaired) electrons. The van der Waals surface area contributed by atoms with Crippen LogP contribution in [0.3, 0.4) is 0 Å². The van der Waals surface area contributed by atoms with Crippen LogP contribution >= 0.6 is 11.3 Å². The van der Waals surface area contributed by atoms with Crippen LogP contribution in [0.1, 0.15) is 54.9 Å². The van der Waals surface area contributed by atoms with Gasteiger partial charge in [-0.1, -0.05) is 13.8 Å². The van der Waals surface area contributed by atoms with Gasteiger partial charge in [-0.3, -0.25) is 0 Å². The molecule has 0 saturated carbocycles. The number of aromatic nitrogens is 3. The van der Waals surface area contributed by atoms with Gasteiger partial charge in [0.1, 0.15) is 0 Å². The maximum Gasteiger partial charge on any atom is 0.321 e. The summed E-state index contributed by atoms with van der Waals surface area (Å²) < 4.78 is 0. The highest BCUT2D eigenvalue weighted by Gasteiger charge is 2.27. The summed E-state index contributed by atoms with van der Waals surface area (Å²) in [6.07, 6.45) is 3.68. The molecule has 1 fully saturated rings. The van der Waals surface area contributed by atoms with Crippen molar-refractivity contribution in [2.75, 3.05) is 18.4 Å². The van der Waals surface area contributed by atoms with Crippen molar-refractivity contribution in [3.8, 4) is 0 Å². The molecule has 24 heavy (non-hydrogen) atoms. The van der Waals surface area contributed by atoms with Crippen molar-refractivity contribution in [3.05, 3.63) is 34.0 Å².